The third-order valence-electron chi connectivity index (χ3n) is 5.24. The summed E-state index contributed by atoms with van der Waals surface area (Å²) in [6, 6.07) is 5.08. The number of anilines is 1. The van der Waals surface area contributed by atoms with Crippen molar-refractivity contribution >= 4 is 17.2 Å². The highest BCUT2D eigenvalue weighted by Crippen LogP contribution is 2.40. The van der Waals surface area contributed by atoms with Crippen LogP contribution in [-0.4, -0.2) is 32.6 Å². The first-order chi connectivity index (χ1) is 12.1. The Morgan fingerprint density at radius 1 is 1.36 bits per heavy atom. The molecule has 1 spiro atoms. The molecule has 8 heteroatoms. The van der Waals surface area contributed by atoms with Crippen molar-refractivity contribution in [3.63, 3.8) is 0 Å². The Morgan fingerprint density at radius 2 is 2.16 bits per heavy atom. The van der Waals surface area contributed by atoms with Crippen molar-refractivity contribution < 1.29 is 9.66 Å². The second-order valence-electron chi connectivity index (χ2n) is 6.87. The van der Waals surface area contributed by atoms with Gasteiger partial charge in [-0.15, -0.1) is 0 Å². The summed E-state index contributed by atoms with van der Waals surface area (Å²) in [4.78, 5) is 27.6. The molecule has 25 heavy (non-hydrogen) atoms. The molecule has 0 radical (unpaired) electrons. The zero-order valence-corrected chi connectivity index (χ0v) is 13.8. The van der Waals surface area contributed by atoms with Gasteiger partial charge in [-0.25, -0.2) is 4.98 Å². The van der Waals surface area contributed by atoms with Gasteiger partial charge < -0.3 is 10.1 Å². The van der Waals surface area contributed by atoms with E-state index in [9.17, 15) is 14.9 Å². The van der Waals surface area contributed by atoms with Gasteiger partial charge in [0.25, 0.3) is 0 Å². The molecule has 1 atom stereocenters. The van der Waals surface area contributed by atoms with Gasteiger partial charge in [-0.05, 0) is 37.8 Å². The molecule has 1 aliphatic heterocycles. The van der Waals surface area contributed by atoms with Gasteiger partial charge in [-0.1, -0.05) is 18.9 Å². The SMILES string of the molecule is O=c1c([N+](=O)[O-])c(NC2CCOC3(CCCC3)C2)nc2ccccn12. The predicted octanol–water partition coefficient (Wildman–Crippen LogP) is 2.51. The highest BCUT2D eigenvalue weighted by Gasteiger charge is 2.40. The van der Waals surface area contributed by atoms with Gasteiger partial charge in [0.1, 0.15) is 5.65 Å². The maximum atomic E-state index is 12.5. The van der Waals surface area contributed by atoms with Gasteiger partial charge in [0, 0.05) is 18.8 Å². The van der Waals surface area contributed by atoms with E-state index in [4.69, 9.17) is 4.74 Å². The number of nitrogens with zero attached hydrogens (tertiary/aromatic N) is 3. The molecule has 1 unspecified atom stereocenters. The molecule has 2 aliphatic rings. The highest BCUT2D eigenvalue weighted by molar-refractivity contribution is 5.60. The first-order valence-corrected chi connectivity index (χ1v) is 8.64. The third-order valence-corrected chi connectivity index (χ3v) is 5.24. The van der Waals surface area contributed by atoms with E-state index in [1.807, 2.05) is 0 Å². The standard InChI is InChI=1S/C17H20N4O4/c22-16-14(21(23)24)15(19-13-5-1-4-9-20(13)16)18-12-6-10-25-17(11-12)7-2-3-8-17/h1,4-5,9,12,18H,2-3,6-8,10-11H2. The van der Waals surface area contributed by atoms with Crippen LogP contribution in [0.4, 0.5) is 11.5 Å². The summed E-state index contributed by atoms with van der Waals surface area (Å²) in [6.07, 6.45) is 7.39. The summed E-state index contributed by atoms with van der Waals surface area (Å²) in [7, 11) is 0. The fraction of sp³-hybridized carbons (Fsp3) is 0.529. The van der Waals surface area contributed by atoms with Crippen molar-refractivity contribution in [3.8, 4) is 0 Å². The minimum absolute atomic E-state index is 0.0172. The Kier molecular flexibility index (Phi) is 3.91. The quantitative estimate of drug-likeness (QED) is 0.678. The molecule has 3 heterocycles. The average molecular weight is 344 g/mol. The number of aromatic nitrogens is 2. The van der Waals surface area contributed by atoms with Crippen LogP contribution in [0.3, 0.4) is 0 Å². The van der Waals surface area contributed by atoms with Crippen molar-refractivity contribution in [2.45, 2.75) is 50.2 Å². The smallest absolute Gasteiger partial charge is 0.375 e. The normalized spacial score (nSPS) is 22.3. The molecular formula is C17H20N4O4. The largest absolute Gasteiger partial charge is 0.376 e. The molecule has 2 fully saturated rings. The molecular weight excluding hydrogens is 324 g/mol. The summed E-state index contributed by atoms with van der Waals surface area (Å²) < 4.78 is 7.21. The number of hydrogen-bond acceptors (Lipinski definition) is 6. The lowest BCUT2D eigenvalue weighted by Crippen LogP contribution is -2.43. The Balaban J connectivity index is 1.70. The van der Waals surface area contributed by atoms with E-state index in [-0.39, 0.29) is 17.5 Å². The maximum absolute atomic E-state index is 12.5. The van der Waals surface area contributed by atoms with E-state index in [1.165, 1.54) is 10.6 Å². The van der Waals surface area contributed by atoms with Gasteiger partial charge in [-0.3, -0.25) is 19.3 Å². The summed E-state index contributed by atoms with van der Waals surface area (Å²) in [5.41, 5.74) is -0.893. The van der Waals surface area contributed by atoms with Crippen molar-refractivity contribution in [1.29, 1.82) is 0 Å². The third kappa shape index (κ3) is 2.86. The second-order valence-corrected chi connectivity index (χ2v) is 6.87. The van der Waals surface area contributed by atoms with E-state index in [0.717, 1.165) is 38.5 Å². The molecule has 1 saturated carbocycles. The molecule has 132 valence electrons. The van der Waals surface area contributed by atoms with Crippen molar-refractivity contribution in [3.05, 3.63) is 44.9 Å². The number of hydrogen-bond donors (Lipinski definition) is 1. The highest BCUT2D eigenvalue weighted by atomic mass is 16.6. The monoisotopic (exact) mass is 344 g/mol. The number of ether oxygens (including phenoxy) is 1. The Bertz CT molecular complexity index is 873. The van der Waals surface area contributed by atoms with Crippen LogP contribution in [0.2, 0.25) is 0 Å². The van der Waals surface area contributed by atoms with E-state index in [2.05, 4.69) is 10.3 Å². The first kappa shape index (κ1) is 16.0. The van der Waals surface area contributed by atoms with Crippen LogP contribution in [0, 0.1) is 10.1 Å². The zero-order valence-electron chi connectivity index (χ0n) is 13.8. The van der Waals surface area contributed by atoms with Crippen LogP contribution in [0.1, 0.15) is 38.5 Å². The number of fused-ring (bicyclic) bond motifs is 1. The molecule has 1 N–H and O–H groups in total. The molecule has 2 aromatic rings. The number of nitrogens with one attached hydrogen (secondary N) is 1. The molecule has 1 aliphatic carbocycles. The fourth-order valence-corrected chi connectivity index (χ4v) is 4.06. The molecule has 8 nitrogen and oxygen atoms in total. The van der Waals surface area contributed by atoms with E-state index >= 15 is 0 Å². The van der Waals surface area contributed by atoms with E-state index in [1.54, 1.807) is 18.2 Å². The van der Waals surface area contributed by atoms with E-state index < -0.39 is 16.2 Å². The van der Waals surface area contributed by atoms with Crippen molar-refractivity contribution in [2.24, 2.45) is 0 Å². The summed E-state index contributed by atoms with van der Waals surface area (Å²) in [5, 5.41) is 14.6. The van der Waals surface area contributed by atoms with Crippen LogP contribution in [0.5, 0.6) is 0 Å². The number of rotatable bonds is 3. The first-order valence-electron chi connectivity index (χ1n) is 8.64. The van der Waals surface area contributed by atoms with Crippen LogP contribution >= 0.6 is 0 Å². The van der Waals surface area contributed by atoms with Crippen LogP contribution < -0.4 is 10.9 Å². The number of nitro groups is 1. The summed E-state index contributed by atoms with van der Waals surface area (Å²) in [6.45, 7) is 0.623. The lowest BCUT2D eigenvalue weighted by Gasteiger charge is -2.38. The maximum Gasteiger partial charge on any atom is 0.376 e. The number of pyridine rings is 1. The predicted molar refractivity (Wildman–Crippen MR) is 91.9 cm³/mol. The van der Waals surface area contributed by atoms with Gasteiger partial charge in [0.2, 0.25) is 5.82 Å². The lowest BCUT2D eigenvalue weighted by atomic mass is 9.89. The van der Waals surface area contributed by atoms with Gasteiger partial charge >= 0.3 is 11.2 Å². The Morgan fingerprint density at radius 3 is 2.92 bits per heavy atom. The van der Waals surface area contributed by atoms with Crippen LogP contribution in [-0.2, 0) is 4.74 Å². The molecule has 0 bridgehead atoms. The topological polar surface area (TPSA) is 98.8 Å². The Labute approximate surface area is 144 Å². The summed E-state index contributed by atoms with van der Waals surface area (Å²) >= 11 is 0. The molecule has 0 aromatic carbocycles. The van der Waals surface area contributed by atoms with Crippen LogP contribution in [0.25, 0.3) is 5.65 Å². The minimum Gasteiger partial charge on any atom is -0.375 e. The average Bonchev–Trinajstić information content (AvgIpc) is 3.02. The molecule has 4 rings (SSSR count). The Hall–Kier alpha value is -2.48. The summed E-state index contributed by atoms with van der Waals surface area (Å²) in [5.74, 6) is 0.0567. The van der Waals surface area contributed by atoms with Gasteiger partial charge in [0.15, 0.2) is 0 Å². The van der Waals surface area contributed by atoms with Crippen molar-refractivity contribution in [1.82, 2.24) is 9.38 Å². The zero-order chi connectivity index (χ0) is 17.4. The minimum atomic E-state index is -0.666. The lowest BCUT2D eigenvalue weighted by molar-refractivity contribution is -0.385. The van der Waals surface area contributed by atoms with Crippen molar-refractivity contribution in [2.75, 3.05) is 11.9 Å². The second kappa shape index (κ2) is 6.11. The molecule has 2 aromatic heterocycles. The van der Waals surface area contributed by atoms with Gasteiger partial charge in [0.05, 0.1) is 10.5 Å². The van der Waals surface area contributed by atoms with Gasteiger partial charge in [-0.2, -0.15) is 0 Å². The molecule has 1 saturated heterocycles. The fourth-order valence-electron chi connectivity index (χ4n) is 4.06. The van der Waals surface area contributed by atoms with E-state index in [0.29, 0.717) is 12.3 Å². The molecule has 0 amide bonds. The van der Waals surface area contributed by atoms with Crippen LogP contribution in [0.15, 0.2) is 29.2 Å².